The van der Waals surface area contributed by atoms with Crippen molar-refractivity contribution in [3.63, 3.8) is 0 Å². The summed E-state index contributed by atoms with van der Waals surface area (Å²) in [5.41, 5.74) is 2.12. The SMILES string of the molecule is CCN(CC)C(=O)c1cc(NCC2(C3CC3)CC2)ccn1. The first-order valence-electron chi connectivity index (χ1n) is 8.17. The van der Waals surface area contributed by atoms with Gasteiger partial charge in [0.15, 0.2) is 0 Å². The van der Waals surface area contributed by atoms with E-state index in [1.165, 1.54) is 25.7 Å². The molecule has 0 aliphatic heterocycles. The molecule has 114 valence electrons. The van der Waals surface area contributed by atoms with Crippen molar-refractivity contribution in [2.45, 2.75) is 39.5 Å². The molecule has 1 heterocycles. The molecule has 0 bridgehead atoms. The lowest BCUT2D eigenvalue weighted by atomic mass is 10.0. The number of hydrogen-bond acceptors (Lipinski definition) is 3. The second-order valence-corrected chi connectivity index (χ2v) is 6.40. The molecule has 2 saturated carbocycles. The lowest BCUT2D eigenvalue weighted by molar-refractivity contribution is 0.0767. The van der Waals surface area contributed by atoms with Gasteiger partial charge in [0.1, 0.15) is 5.69 Å². The Morgan fingerprint density at radius 3 is 2.67 bits per heavy atom. The van der Waals surface area contributed by atoms with Crippen LogP contribution in [0, 0.1) is 11.3 Å². The van der Waals surface area contributed by atoms with Crippen molar-refractivity contribution in [3.05, 3.63) is 24.0 Å². The van der Waals surface area contributed by atoms with Gasteiger partial charge in [0.25, 0.3) is 5.91 Å². The van der Waals surface area contributed by atoms with Crippen LogP contribution in [0.15, 0.2) is 18.3 Å². The minimum Gasteiger partial charge on any atom is -0.384 e. The Hall–Kier alpha value is -1.58. The standard InChI is InChI=1S/C17H25N3O/c1-3-20(4-2)16(21)15-11-14(7-10-18-15)19-12-17(8-9-17)13-5-6-13/h7,10-11,13H,3-6,8-9,12H2,1-2H3,(H,18,19). The summed E-state index contributed by atoms with van der Waals surface area (Å²) in [4.78, 5) is 18.4. The summed E-state index contributed by atoms with van der Waals surface area (Å²) < 4.78 is 0. The fraction of sp³-hybridized carbons (Fsp3) is 0.647. The summed E-state index contributed by atoms with van der Waals surface area (Å²) in [6.07, 6.45) is 7.27. The van der Waals surface area contributed by atoms with Gasteiger partial charge in [0.05, 0.1) is 0 Å². The summed E-state index contributed by atoms with van der Waals surface area (Å²) >= 11 is 0. The number of nitrogens with one attached hydrogen (secondary N) is 1. The number of rotatable bonds is 7. The fourth-order valence-electron chi connectivity index (χ4n) is 3.19. The third-order valence-corrected chi connectivity index (χ3v) is 5.01. The Balaban J connectivity index is 1.64. The third kappa shape index (κ3) is 3.04. The Morgan fingerprint density at radius 1 is 1.38 bits per heavy atom. The smallest absolute Gasteiger partial charge is 0.272 e. The Labute approximate surface area is 126 Å². The highest BCUT2D eigenvalue weighted by Gasteiger charge is 2.53. The van der Waals surface area contributed by atoms with E-state index in [1.54, 1.807) is 11.1 Å². The molecule has 2 fully saturated rings. The van der Waals surface area contributed by atoms with E-state index in [2.05, 4.69) is 10.3 Å². The minimum absolute atomic E-state index is 0.0204. The maximum atomic E-state index is 12.3. The maximum Gasteiger partial charge on any atom is 0.272 e. The summed E-state index contributed by atoms with van der Waals surface area (Å²) in [6, 6.07) is 3.85. The second kappa shape index (κ2) is 5.66. The van der Waals surface area contributed by atoms with Gasteiger partial charge in [-0.1, -0.05) is 0 Å². The average molecular weight is 287 g/mol. The van der Waals surface area contributed by atoms with Gasteiger partial charge in [0.2, 0.25) is 0 Å². The minimum atomic E-state index is 0.0204. The monoisotopic (exact) mass is 287 g/mol. The molecule has 4 nitrogen and oxygen atoms in total. The molecule has 0 saturated heterocycles. The number of nitrogens with zero attached hydrogens (tertiary/aromatic N) is 2. The van der Waals surface area contributed by atoms with Crippen molar-refractivity contribution < 1.29 is 4.79 Å². The third-order valence-electron chi connectivity index (χ3n) is 5.01. The summed E-state index contributed by atoms with van der Waals surface area (Å²) in [6.45, 7) is 6.48. The van der Waals surface area contributed by atoms with Crippen molar-refractivity contribution in [1.82, 2.24) is 9.88 Å². The number of hydrogen-bond donors (Lipinski definition) is 1. The topological polar surface area (TPSA) is 45.2 Å². The molecule has 1 N–H and O–H groups in total. The van der Waals surface area contributed by atoms with Crippen LogP contribution in [-0.4, -0.2) is 35.4 Å². The van der Waals surface area contributed by atoms with Crippen molar-refractivity contribution in [1.29, 1.82) is 0 Å². The molecule has 1 amide bonds. The van der Waals surface area contributed by atoms with Gasteiger partial charge in [-0.2, -0.15) is 0 Å². The van der Waals surface area contributed by atoms with Crippen molar-refractivity contribution in [2.75, 3.05) is 25.0 Å². The van der Waals surface area contributed by atoms with Crippen molar-refractivity contribution >= 4 is 11.6 Å². The first kappa shape index (κ1) is 14.4. The quantitative estimate of drug-likeness (QED) is 0.838. The molecule has 2 aliphatic carbocycles. The summed E-state index contributed by atoms with van der Waals surface area (Å²) in [5, 5.41) is 3.53. The summed E-state index contributed by atoms with van der Waals surface area (Å²) in [5.74, 6) is 0.968. The molecule has 0 aromatic carbocycles. The predicted molar refractivity (Wildman–Crippen MR) is 84.4 cm³/mol. The van der Waals surface area contributed by atoms with E-state index in [4.69, 9.17) is 0 Å². The molecule has 4 heteroatoms. The van der Waals surface area contributed by atoms with Gasteiger partial charge in [-0.25, -0.2) is 0 Å². The Kier molecular flexibility index (Phi) is 3.87. The highest BCUT2D eigenvalue weighted by Crippen LogP contribution is 2.61. The molecule has 0 spiro atoms. The highest BCUT2D eigenvalue weighted by molar-refractivity contribution is 5.93. The van der Waals surface area contributed by atoms with Crippen LogP contribution in [-0.2, 0) is 0 Å². The predicted octanol–water partition coefficient (Wildman–Crippen LogP) is 3.17. The van der Waals surface area contributed by atoms with Crippen LogP contribution in [0.4, 0.5) is 5.69 Å². The molecule has 0 atom stereocenters. The maximum absolute atomic E-state index is 12.3. The van der Waals surface area contributed by atoms with E-state index in [1.807, 2.05) is 26.0 Å². The molecular formula is C17H25N3O. The highest BCUT2D eigenvalue weighted by atomic mass is 16.2. The zero-order valence-electron chi connectivity index (χ0n) is 13.1. The fourth-order valence-corrected chi connectivity index (χ4v) is 3.19. The van der Waals surface area contributed by atoms with E-state index in [-0.39, 0.29) is 5.91 Å². The Bertz CT molecular complexity index is 517. The zero-order chi connectivity index (χ0) is 14.9. The number of carbonyl (C=O) groups is 1. The lowest BCUT2D eigenvalue weighted by Crippen LogP contribution is -2.31. The largest absolute Gasteiger partial charge is 0.384 e. The normalized spacial score (nSPS) is 19.1. The van der Waals surface area contributed by atoms with Crippen LogP contribution in [0.1, 0.15) is 50.0 Å². The number of carbonyl (C=O) groups excluding carboxylic acids is 1. The molecule has 3 rings (SSSR count). The van der Waals surface area contributed by atoms with Gasteiger partial charge in [0, 0.05) is 31.5 Å². The number of pyridine rings is 1. The Morgan fingerprint density at radius 2 is 2.10 bits per heavy atom. The first-order chi connectivity index (χ1) is 10.2. The lowest BCUT2D eigenvalue weighted by Gasteiger charge is -2.19. The average Bonchev–Trinajstić information content (AvgIpc) is 3.39. The second-order valence-electron chi connectivity index (χ2n) is 6.40. The van der Waals surface area contributed by atoms with Gasteiger partial charge in [-0.15, -0.1) is 0 Å². The number of anilines is 1. The van der Waals surface area contributed by atoms with Crippen molar-refractivity contribution in [2.24, 2.45) is 11.3 Å². The zero-order valence-corrected chi connectivity index (χ0v) is 13.1. The summed E-state index contributed by atoms with van der Waals surface area (Å²) in [7, 11) is 0. The molecule has 1 aromatic heterocycles. The molecular weight excluding hydrogens is 262 g/mol. The molecule has 1 aromatic rings. The van der Waals surface area contributed by atoms with E-state index in [9.17, 15) is 4.79 Å². The molecule has 2 aliphatic rings. The van der Waals surface area contributed by atoms with Crippen LogP contribution in [0.25, 0.3) is 0 Å². The van der Waals surface area contributed by atoms with Gasteiger partial charge in [-0.3, -0.25) is 9.78 Å². The van der Waals surface area contributed by atoms with Crippen LogP contribution in [0.2, 0.25) is 0 Å². The van der Waals surface area contributed by atoms with Crippen LogP contribution < -0.4 is 5.32 Å². The van der Waals surface area contributed by atoms with Gasteiger partial charge >= 0.3 is 0 Å². The van der Waals surface area contributed by atoms with E-state index < -0.39 is 0 Å². The van der Waals surface area contributed by atoms with Crippen LogP contribution in [0.5, 0.6) is 0 Å². The van der Waals surface area contributed by atoms with Crippen LogP contribution in [0.3, 0.4) is 0 Å². The number of aromatic nitrogens is 1. The van der Waals surface area contributed by atoms with Crippen LogP contribution >= 0.6 is 0 Å². The first-order valence-corrected chi connectivity index (χ1v) is 8.17. The van der Waals surface area contributed by atoms with Gasteiger partial charge < -0.3 is 10.2 Å². The molecule has 21 heavy (non-hydrogen) atoms. The van der Waals surface area contributed by atoms with E-state index in [0.717, 1.165) is 31.2 Å². The number of amides is 1. The molecule has 0 unspecified atom stereocenters. The molecule has 0 radical (unpaired) electrons. The van der Waals surface area contributed by atoms with E-state index >= 15 is 0 Å². The van der Waals surface area contributed by atoms with E-state index in [0.29, 0.717) is 11.1 Å². The van der Waals surface area contributed by atoms with Gasteiger partial charge in [-0.05, 0) is 63.0 Å². The van der Waals surface area contributed by atoms with Crippen molar-refractivity contribution in [3.8, 4) is 0 Å².